The molecule has 0 bridgehead atoms. The fourth-order valence-corrected chi connectivity index (χ4v) is 4.19. The summed E-state index contributed by atoms with van der Waals surface area (Å²) in [6.45, 7) is 5.20. The third kappa shape index (κ3) is 4.14. The normalized spacial score (nSPS) is 15.6. The molecule has 25 heavy (non-hydrogen) atoms. The van der Waals surface area contributed by atoms with E-state index in [0.29, 0.717) is 24.7 Å². The molecule has 134 valence electrons. The number of sulfonamides is 1. The molecule has 0 spiro atoms. The molecular formula is C19H23NO4S. The van der Waals surface area contributed by atoms with E-state index in [1.807, 2.05) is 32.0 Å². The lowest BCUT2D eigenvalue weighted by molar-refractivity contribution is 0.297. The molecule has 0 aromatic heterocycles. The van der Waals surface area contributed by atoms with E-state index in [1.165, 1.54) is 0 Å². The van der Waals surface area contributed by atoms with Gasteiger partial charge in [-0.3, -0.25) is 0 Å². The van der Waals surface area contributed by atoms with Gasteiger partial charge in [0, 0.05) is 12.5 Å². The van der Waals surface area contributed by atoms with Crippen LogP contribution in [0.3, 0.4) is 0 Å². The summed E-state index contributed by atoms with van der Waals surface area (Å²) in [7, 11) is -3.60. The fraction of sp³-hybridized carbons (Fsp3) is 0.368. The lowest BCUT2D eigenvalue weighted by Crippen LogP contribution is -2.31. The molecule has 1 heterocycles. The monoisotopic (exact) mass is 361 g/mol. The van der Waals surface area contributed by atoms with Crippen LogP contribution in [0.1, 0.15) is 31.9 Å². The Morgan fingerprint density at radius 1 is 0.960 bits per heavy atom. The van der Waals surface area contributed by atoms with Gasteiger partial charge in [-0.25, -0.2) is 13.1 Å². The topological polar surface area (TPSA) is 64.6 Å². The van der Waals surface area contributed by atoms with Crippen LogP contribution in [0.5, 0.6) is 11.5 Å². The predicted octanol–water partition coefficient (Wildman–Crippen LogP) is 3.52. The van der Waals surface area contributed by atoms with Crippen molar-refractivity contribution in [2.75, 3.05) is 13.2 Å². The van der Waals surface area contributed by atoms with E-state index >= 15 is 0 Å². The van der Waals surface area contributed by atoms with Crippen LogP contribution in [0.25, 0.3) is 0 Å². The maximum atomic E-state index is 12.7. The van der Waals surface area contributed by atoms with Gasteiger partial charge < -0.3 is 9.47 Å². The third-order valence-electron chi connectivity index (χ3n) is 4.13. The van der Waals surface area contributed by atoms with Gasteiger partial charge in [0.05, 0.1) is 18.1 Å². The molecule has 0 unspecified atom stereocenters. The van der Waals surface area contributed by atoms with Gasteiger partial charge in [-0.1, -0.05) is 38.1 Å². The summed E-state index contributed by atoms with van der Waals surface area (Å²) in [4.78, 5) is 0.259. The van der Waals surface area contributed by atoms with Crippen molar-refractivity contribution in [2.24, 2.45) is 5.92 Å². The second-order valence-corrected chi connectivity index (χ2v) is 8.13. The minimum Gasteiger partial charge on any atom is -0.490 e. The number of fused-ring (bicyclic) bond motifs is 1. The predicted molar refractivity (Wildman–Crippen MR) is 96.4 cm³/mol. The van der Waals surface area contributed by atoms with E-state index in [1.54, 1.807) is 30.3 Å². The molecular weight excluding hydrogens is 338 g/mol. The zero-order chi connectivity index (χ0) is 17.9. The Morgan fingerprint density at radius 2 is 1.64 bits per heavy atom. The molecule has 1 aliphatic heterocycles. The molecule has 0 radical (unpaired) electrons. The highest BCUT2D eigenvalue weighted by Gasteiger charge is 2.25. The second kappa shape index (κ2) is 7.45. The van der Waals surface area contributed by atoms with Crippen LogP contribution in [-0.4, -0.2) is 21.6 Å². The van der Waals surface area contributed by atoms with E-state index in [9.17, 15) is 8.42 Å². The summed E-state index contributed by atoms with van der Waals surface area (Å²) < 4.78 is 39.6. The van der Waals surface area contributed by atoms with Gasteiger partial charge in [0.25, 0.3) is 0 Å². The number of nitrogens with one attached hydrogen (secondary N) is 1. The van der Waals surface area contributed by atoms with Crippen LogP contribution < -0.4 is 14.2 Å². The highest BCUT2D eigenvalue weighted by Crippen LogP contribution is 2.34. The summed E-state index contributed by atoms with van der Waals surface area (Å²) in [5.41, 5.74) is 0.860. The van der Waals surface area contributed by atoms with Gasteiger partial charge in [0.1, 0.15) is 0 Å². The Balaban J connectivity index is 1.91. The molecule has 1 atom stereocenters. The second-order valence-electron chi connectivity index (χ2n) is 6.41. The molecule has 1 N–H and O–H groups in total. The minimum atomic E-state index is -3.60. The van der Waals surface area contributed by atoms with Crippen LogP contribution in [0.2, 0.25) is 0 Å². The van der Waals surface area contributed by atoms with Crippen molar-refractivity contribution in [3.05, 3.63) is 54.1 Å². The lowest BCUT2D eigenvalue weighted by atomic mass is 9.97. The molecule has 0 fully saturated rings. The van der Waals surface area contributed by atoms with Crippen molar-refractivity contribution in [1.29, 1.82) is 0 Å². The summed E-state index contributed by atoms with van der Waals surface area (Å²) in [6.07, 6.45) is 0.832. The van der Waals surface area contributed by atoms with Crippen LogP contribution in [0.15, 0.2) is 53.4 Å². The largest absolute Gasteiger partial charge is 0.490 e. The van der Waals surface area contributed by atoms with Gasteiger partial charge in [0.2, 0.25) is 10.0 Å². The van der Waals surface area contributed by atoms with Crippen molar-refractivity contribution in [2.45, 2.75) is 31.2 Å². The highest BCUT2D eigenvalue weighted by atomic mass is 32.2. The van der Waals surface area contributed by atoms with E-state index in [-0.39, 0.29) is 16.9 Å². The Hall–Kier alpha value is -2.05. The summed E-state index contributed by atoms with van der Waals surface area (Å²) in [5, 5.41) is 0. The first-order valence-electron chi connectivity index (χ1n) is 8.44. The molecule has 2 aromatic carbocycles. The molecule has 5 nitrogen and oxygen atoms in total. The van der Waals surface area contributed by atoms with Gasteiger partial charge in [-0.05, 0) is 35.7 Å². The lowest BCUT2D eigenvalue weighted by Gasteiger charge is -2.23. The Bertz CT molecular complexity index is 819. The van der Waals surface area contributed by atoms with E-state index < -0.39 is 10.0 Å². The average molecular weight is 361 g/mol. The number of hydrogen-bond donors (Lipinski definition) is 1. The smallest absolute Gasteiger partial charge is 0.241 e. The van der Waals surface area contributed by atoms with Crippen molar-refractivity contribution in [3.63, 3.8) is 0 Å². The molecule has 2 aromatic rings. The van der Waals surface area contributed by atoms with E-state index in [0.717, 1.165) is 12.0 Å². The number of ether oxygens (including phenoxy) is 2. The van der Waals surface area contributed by atoms with Crippen LogP contribution in [0.4, 0.5) is 0 Å². The molecule has 0 saturated heterocycles. The van der Waals surface area contributed by atoms with Gasteiger partial charge >= 0.3 is 0 Å². The fourth-order valence-electron chi connectivity index (χ4n) is 2.80. The minimum absolute atomic E-state index is 0.0724. The van der Waals surface area contributed by atoms with Crippen molar-refractivity contribution < 1.29 is 17.9 Å². The van der Waals surface area contributed by atoms with Crippen molar-refractivity contribution >= 4 is 10.0 Å². The third-order valence-corrected chi connectivity index (χ3v) is 5.59. The standard InChI is InChI=1S/C19H23NO4S/c1-14(2)19(20-25(21,22)16-7-4-3-5-8-16)15-9-10-17-18(13-15)24-12-6-11-23-17/h3-5,7-10,13-14,19-20H,6,11-12H2,1-2H3/t19-/m1/s1. The first kappa shape index (κ1) is 17.8. The first-order chi connectivity index (χ1) is 12.0. The van der Waals surface area contributed by atoms with Gasteiger partial charge in [-0.2, -0.15) is 0 Å². The van der Waals surface area contributed by atoms with Crippen molar-refractivity contribution in [3.8, 4) is 11.5 Å². The summed E-state index contributed by atoms with van der Waals surface area (Å²) >= 11 is 0. The van der Waals surface area contributed by atoms with Crippen LogP contribution in [-0.2, 0) is 10.0 Å². The Labute approximate surface area is 149 Å². The highest BCUT2D eigenvalue weighted by molar-refractivity contribution is 7.89. The molecule has 0 amide bonds. The number of rotatable bonds is 5. The maximum Gasteiger partial charge on any atom is 0.241 e. The molecule has 0 saturated carbocycles. The van der Waals surface area contributed by atoms with E-state index in [2.05, 4.69) is 4.72 Å². The zero-order valence-electron chi connectivity index (χ0n) is 14.4. The molecule has 3 rings (SSSR count). The summed E-state index contributed by atoms with van der Waals surface area (Å²) in [5.74, 6) is 1.44. The quantitative estimate of drug-likeness (QED) is 0.885. The van der Waals surface area contributed by atoms with Gasteiger partial charge in [0.15, 0.2) is 11.5 Å². The number of hydrogen-bond acceptors (Lipinski definition) is 4. The average Bonchev–Trinajstić information content (AvgIpc) is 2.85. The van der Waals surface area contributed by atoms with E-state index in [4.69, 9.17) is 9.47 Å². The molecule has 0 aliphatic carbocycles. The van der Waals surface area contributed by atoms with Gasteiger partial charge in [-0.15, -0.1) is 0 Å². The van der Waals surface area contributed by atoms with Crippen LogP contribution in [0, 0.1) is 5.92 Å². The Kier molecular flexibility index (Phi) is 5.30. The van der Waals surface area contributed by atoms with Crippen LogP contribution >= 0.6 is 0 Å². The SMILES string of the molecule is CC(C)[C@@H](NS(=O)(=O)c1ccccc1)c1ccc2c(c1)OCCCO2. The summed E-state index contributed by atoms with van der Waals surface area (Å²) in [6, 6.07) is 13.7. The Morgan fingerprint density at radius 3 is 2.32 bits per heavy atom. The molecule has 1 aliphatic rings. The number of benzene rings is 2. The maximum absolute atomic E-state index is 12.7. The molecule has 6 heteroatoms. The first-order valence-corrected chi connectivity index (χ1v) is 9.92. The zero-order valence-corrected chi connectivity index (χ0v) is 15.3. The van der Waals surface area contributed by atoms with Crippen molar-refractivity contribution in [1.82, 2.24) is 4.72 Å².